The molecule has 0 aromatic carbocycles. The van der Waals surface area contributed by atoms with Gasteiger partial charge in [0.1, 0.15) is 5.82 Å². The topological polar surface area (TPSA) is 86.2 Å². The van der Waals surface area contributed by atoms with Crippen molar-refractivity contribution in [1.29, 1.82) is 5.26 Å². The maximum atomic E-state index is 12.4. The van der Waals surface area contributed by atoms with Crippen molar-refractivity contribution in [2.45, 2.75) is 31.7 Å². The van der Waals surface area contributed by atoms with Crippen molar-refractivity contribution in [2.24, 2.45) is 11.7 Å². The molecule has 2 heterocycles. The van der Waals surface area contributed by atoms with E-state index < -0.39 is 0 Å². The van der Waals surface area contributed by atoms with Crippen LogP contribution in [0.1, 0.15) is 31.2 Å². The van der Waals surface area contributed by atoms with Gasteiger partial charge in [-0.3, -0.25) is 4.79 Å². The van der Waals surface area contributed by atoms with Crippen LogP contribution in [0.2, 0.25) is 0 Å². The van der Waals surface area contributed by atoms with Crippen LogP contribution in [0.5, 0.6) is 0 Å². The van der Waals surface area contributed by atoms with Crippen LogP contribution in [0.25, 0.3) is 0 Å². The zero-order valence-corrected chi connectivity index (χ0v) is 14.5. The minimum absolute atomic E-state index is 0. The first kappa shape index (κ1) is 18.5. The fourth-order valence-corrected chi connectivity index (χ4v) is 3.52. The summed E-state index contributed by atoms with van der Waals surface area (Å²) in [4.78, 5) is 20.8. The van der Waals surface area contributed by atoms with Gasteiger partial charge >= 0.3 is 0 Å². The molecule has 3 rings (SSSR count). The van der Waals surface area contributed by atoms with E-state index in [1.54, 1.807) is 18.3 Å². The maximum absolute atomic E-state index is 12.4. The monoisotopic (exact) mass is 349 g/mol. The molecule has 1 saturated carbocycles. The third-order valence-electron chi connectivity index (χ3n) is 4.99. The van der Waals surface area contributed by atoms with Gasteiger partial charge in [0.15, 0.2) is 0 Å². The molecule has 130 valence electrons. The van der Waals surface area contributed by atoms with Gasteiger partial charge in [0.05, 0.1) is 11.6 Å². The number of piperazine rings is 1. The van der Waals surface area contributed by atoms with Crippen LogP contribution in [-0.2, 0) is 4.79 Å². The molecular weight excluding hydrogens is 326 g/mol. The van der Waals surface area contributed by atoms with E-state index in [9.17, 15) is 4.79 Å². The Hall–Kier alpha value is -1.84. The van der Waals surface area contributed by atoms with Crippen molar-refractivity contribution in [2.75, 3.05) is 31.1 Å². The minimum atomic E-state index is 0. The first-order chi connectivity index (χ1) is 11.2. The summed E-state index contributed by atoms with van der Waals surface area (Å²) in [5.41, 5.74) is 6.68. The lowest BCUT2D eigenvalue weighted by atomic mass is 9.99. The van der Waals surface area contributed by atoms with Crippen LogP contribution in [-0.4, -0.2) is 48.0 Å². The molecule has 1 aliphatic carbocycles. The number of hydrogen-bond acceptors (Lipinski definition) is 5. The number of amides is 1. The summed E-state index contributed by atoms with van der Waals surface area (Å²) >= 11 is 0. The van der Waals surface area contributed by atoms with Crippen molar-refractivity contribution >= 4 is 24.1 Å². The third kappa shape index (κ3) is 4.16. The first-order valence-electron chi connectivity index (χ1n) is 8.32. The number of anilines is 1. The van der Waals surface area contributed by atoms with Crippen molar-refractivity contribution in [3.05, 3.63) is 23.9 Å². The first-order valence-corrected chi connectivity index (χ1v) is 8.32. The van der Waals surface area contributed by atoms with Gasteiger partial charge in [-0.2, -0.15) is 5.26 Å². The summed E-state index contributed by atoms with van der Waals surface area (Å²) in [7, 11) is 0. The SMILES string of the molecule is Cl.N#Cc1ccnc(N2CCN(C(=O)C[C@@H]3CCC[C@H]3N)CC2)c1. The van der Waals surface area contributed by atoms with Gasteiger partial charge < -0.3 is 15.5 Å². The third-order valence-corrected chi connectivity index (χ3v) is 4.99. The summed E-state index contributed by atoms with van der Waals surface area (Å²) in [5.74, 6) is 1.40. The number of hydrogen-bond donors (Lipinski definition) is 1. The minimum Gasteiger partial charge on any atom is -0.353 e. The highest BCUT2D eigenvalue weighted by Crippen LogP contribution is 2.27. The zero-order valence-electron chi connectivity index (χ0n) is 13.7. The molecule has 1 saturated heterocycles. The average molecular weight is 350 g/mol. The molecule has 0 spiro atoms. The second-order valence-electron chi connectivity index (χ2n) is 6.44. The lowest BCUT2D eigenvalue weighted by Crippen LogP contribution is -2.49. The molecule has 2 N–H and O–H groups in total. The van der Waals surface area contributed by atoms with Crippen molar-refractivity contribution in [1.82, 2.24) is 9.88 Å². The summed E-state index contributed by atoms with van der Waals surface area (Å²) < 4.78 is 0. The molecule has 6 nitrogen and oxygen atoms in total. The molecule has 2 atom stereocenters. The quantitative estimate of drug-likeness (QED) is 0.894. The van der Waals surface area contributed by atoms with E-state index in [-0.39, 0.29) is 24.4 Å². The predicted octanol–water partition coefficient (Wildman–Crippen LogP) is 1.54. The van der Waals surface area contributed by atoms with Crippen LogP contribution in [0, 0.1) is 17.2 Å². The lowest BCUT2D eigenvalue weighted by molar-refractivity contribution is -0.132. The number of nitrogens with two attached hydrogens (primary N) is 1. The molecule has 24 heavy (non-hydrogen) atoms. The van der Waals surface area contributed by atoms with Gasteiger partial charge in [-0.1, -0.05) is 6.42 Å². The summed E-state index contributed by atoms with van der Waals surface area (Å²) in [6.45, 7) is 2.92. The Balaban J connectivity index is 0.00000208. The number of carbonyl (C=O) groups excluding carboxylic acids is 1. The molecular formula is C17H24ClN5O. The van der Waals surface area contributed by atoms with Crippen molar-refractivity contribution in [3.63, 3.8) is 0 Å². The van der Waals surface area contributed by atoms with E-state index in [1.807, 2.05) is 4.90 Å². The van der Waals surface area contributed by atoms with Crippen LogP contribution in [0.3, 0.4) is 0 Å². The van der Waals surface area contributed by atoms with Crippen LogP contribution in [0.15, 0.2) is 18.3 Å². The number of aromatic nitrogens is 1. The molecule has 0 bridgehead atoms. The molecule has 1 amide bonds. The second-order valence-corrected chi connectivity index (χ2v) is 6.44. The van der Waals surface area contributed by atoms with E-state index in [4.69, 9.17) is 11.0 Å². The number of nitrogens with zero attached hydrogens (tertiary/aromatic N) is 4. The Kier molecular flexibility index (Phi) is 6.41. The second kappa shape index (κ2) is 8.32. The van der Waals surface area contributed by atoms with Crippen molar-refractivity contribution in [3.8, 4) is 6.07 Å². The number of carbonyl (C=O) groups is 1. The number of halogens is 1. The van der Waals surface area contributed by atoms with Crippen LogP contribution in [0.4, 0.5) is 5.82 Å². The molecule has 0 unspecified atom stereocenters. The molecule has 2 aliphatic rings. The van der Waals surface area contributed by atoms with Gasteiger partial charge in [-0.15, -0.1) is 12.4 Å². The van der Waals surface area contributed by atoms with Crippen LogP contribution >= 0.6 is 12.4 Å². The fraction of sp³-hybridized carbons (Fsp3) is 0.588. The molecule has 1 aromatic heterocycles. The molecule has 1 aromatic rings. The largest absolute Gasteiger partial charge is 0.353 e. The van der Waals surface area contributed by atoms with Gasteiger partial charge in [0.25, 0.3) is 0 Å². The Morgan fingerprint density at radius 3 is 2.71 bits per heavy atom. The van der Waals surface area contributed by atoms with E-state index in [0.29, 0.717) is 31.0 Å². The highest BCUT2D eigenvalue weighted by atomic mass is 35.5. The smallest absolute Gasteiger partial charge is 0.223 e. The molecule has 1 aliphatic heterocycles. The highest BCUT2D eigenvalue weighted by molar-refractivity contribution is 5.85. The Morgan fingerprint density at radius 1 is 1.33 bits per heavy atom. The van der Waals surface area contributed by atoms with Gasteiger partial charge in [0, 0.05) is 44.8 Å². The van der Waals surface area contributed by atoms with E-state index in [1.165, 1.54) is 0 Å². The number of rotatable bonds is 3. The predicted molar refractivity (Wildman–Crippen MR) is 94.9 cm³/mol. The summed E-state index contributed by atoms with van der Waals surface area (Å²) in [6, 6.07) is 5.83. The van der Waals surface area contributed by atoms with Gasteiger partial charge in [-0.25, -0.2) is 4.98 Å². The van der Waals surface area contributed by atoms with E-state index in [0.717, 1.165) is 38.2 Å². The summed E-state index contributed by atoms with van der Waals surface area (Å²) in [6.07, 6.45) is 5.52. The standard InChI is InChI=1S/C17H23N5O.ClH/c18-12-13-4-5-20-16(10-13)21-6-8-22(9-7-21)17(23)11-14-2-1-3-15(14)19;/h4-5,10,14-15H,1-3,6-9,11,19H2;1H/t14-,15+;/m0./s1. The normalized spacial score (nSPS) is 23.5. The van der Waals surface area contributed by atoms with E-state index in [2.05, 4.69) is 16.0 Å². The Bertz CT molecular complexity index is 609. The number of pyridine rings is 1. The molecule has 7 heteroatoms. The number of nitriles is 1. The lowest BCUT2D eigenvalue weighted by Gasteiger charge is -2.36. The van der Waals surface area contributed by atoms with Crippen molar-refractivity contribution < 1.29 is 4.79 Å². The Morgan fingerprint density at radius 2 is 2.08 bits per heavy atom. The fourth-order valence-electron chi connectivity index (χ4n) is 3.52. The van der Waals surface area contributed by atoms with Gasteiger partial charge in [-0.05, 0) is 30.9 Å². The summed E-state index contributed by atoms with van der Waals surface area (Å²) in [5, 5.41) is 8.97. The van der Waals surface area contributed by atoms with Gasteiger partial charge in [0.2, 0.25) is 5.91 Å². The maximum Gasteiger partial charge on any atom is 0.223 e. The zero-order chi connectivity index (χ0) is 16.2. The molecule has 2 fully saturated rings. The average Bonchev–Trinajstić information content (AvgIpc) is 3.00. The van der Waals surface area contributed by atoms with Crippen LogP contribution < -0.4 is 10.6 Å². The Labute approximate surface area is 149 Å². The molecule has 0 radical (unpaired) electrons. The highest BCUT2D eigenvalue weighted by Gasteiger charge is 2.29. The van der Waals surface area contributed by atoms with E-state index >= 15 is 0 Å².